The number of aromatic nitrogens is 2. The first kappa shape index (κ1) is 14.9. The van der Waals surface area contributed by atoms with Crippen LogP contribution in [0.2, 0.25) is 0 Å². The predicted molar refractivity (Wildman–Crippen MR) is 74.0 cm³/mol. The smallest absolute Gasteiger partial charge is 0.316 e. The van der Waals surface area contributed by atoms with Crippen LogP contribution in [0.3, 0.4) is 0 Å². The molecule has 0 aliphatic carbocycles. The van der Waals surface area contributed by atoms with Crippen molar-refractivity contribution in [1.82, 2.24) is 9.97 Å². The largest absolute Gasteiger partial charge is 0.453 e. The Morgan fingerprint density at radius 2 is 1.81 bits per heavy atom. The van der Waals surface area contributed by atoms with Crippen molar-refractivity contribution < 1.29 is 17.9 Å². The van der Waals surface area contributed by atoms with Crippen LogP contribution in [-0.4, -0.2) is 30.9 Å². The highest BCUT2D eigenvalue weighted by molar-refractivity contribution is 7.89. The molecular formula is C12H12N4O4S. The summed E-state index contributed by atoms with van der Waals surface area (Å²) in [7, 11) is -3.75. The Morgan fingerprint density at radius 3 is 2.38 bits per heavy atom. The molecule has 0 spiro atoms. The van der Waals surface area contributed by atoms with Gasteiger partial charge in [0.05, 0.1) is 4.90 Å². The third kappa shape index (κ3) is 4.51. The molecule has 1 aromatic heterocycles. The number of primary sulfonamides is 1. The van der Waals surface area contributed by atoms with Gasteiger partial charge in [0.15, 0.2) is 6.61 Å². The lowest BCUT2D eigenvalue weighted by molar-refractivity contribution is -0.118. The van der Waals surface area contributed by atoms with Crippen molar-refractivity contribution in [3.05, 3.63) is 42.7 Å². The van der Waals surface area contributed by atoms with Crippen molar-refractivity contribution in [3.63, 3.8) is 0 Å². The van der Waals surface area contributed by atoms with Gasteiger partial charge in [-0.15, -0.1) is 0 Å². The first-order chi connectivity index (χ1) is 9.95. The second kappa shape index (κ2) is 6.29. The van der Waals surface area contributed by atoms with Crippen LogP contribution in [0.15, 0.2) is 47.6 Å². The second-order valence-corrected chi connectivity index (χ2v) is 5.50. The minimum absolute atomic E-state index is 0.0329. The highest BCUT2D eigenvalue weighted by atomic mass is 32.2. The van der Waals surface area contributed by atoms with Crippen molar-refractivity contribution in [2.24, 2.45) is 5.14 Å². The molecule has 0 saturated carbocycles. The number of amides is 1. The topological polar surface area (TPSA) is 124 Å². The van der Waals surface area contributed by atoms with E-state index in [1.165, 1.54) is 36.7 Å². The summed E-state index contributed by atoms with van der Waals surface area (Å²) in [5, 5.41) is 7.51. The number of nitrogens with zero attached hydrogens (tertiary/aromatic N) is 2. The lowest BCUT2D eigenvalue weighted by atomic mass is 10.3. The van der Waals surface area contributed by atoms with Gasteiger partial charge in [0, 0.05) is 18.1 Å². The fraction of sp³-hybridized carbons (Fsp3) is 0.0833. The fourth-order valence-electron chi connectivity index (χ4n) is 1.42. The summed E-state index contributed by atoms with van der Waals surface area (Å²) in [5.74, 6) is -0.425. The third-order valence-corrected chi connectivity index (χ3v) is 3.27. The number of benzene rings is 1. The molecule has 3 N–H and O–H groups in total. The van der Waals surface area contributed by atoms with Gasteiger partial charge in [0.2, 0.25) is 10.0 Å². The Labute approximate surface area is 121 Å². The molecule has 9 heteroatoms. The number of rotatable bonds is 5. The van der Waals surface area contributed by atoms with E-state index in [-0.39, 0.29) is 17.5 Å². The lowest BCUT2D eigenvalue weighted by Crippen LogP contribution is -2.21. The predicted octanol–water partition coefficient (Wildman–Crippen LogP) is 0.141. The van der Waals surface area contributed by atoms with Gasteiger partial charge in [0.1, 0.15) is 0 Å². The number of nitrogens with two attached hydrogens (primary N) is 1. The minimum atomic E-state index is -3.75. The number of sulfonamides is 1. The summed E-state index contributed by atoms with van der Waals surface area (Å²) in [6.07, 6.45) is 2.98. The van der Waals surface area contributed by atoms with Gasteiger partial charge >= 0.3 is 6.01 Å². The van der Waals surface area contributed by atoms with Gasteiger partial charge in [-0.05, 0) is 30.3 Å². The summed E-state index contributed by atoms with van der Waals surface area (Å²) in [5.41, 5.74) is 0.421. The molecule has 21 heavy (non-hydrogen) atoms. The first-order valence-corrected chi connectivity index (χ1v) is 7.32. The van der Waals surface area contributed by atoms with Gasteiger partial charge in [-0.3, -0.25) is 4.79 Å². The lowest BCUT2D eigenvalue weighted by Gasteiger charge is -2.06. The maximum atomic E-state index is 11.6. The van der Waals surface area contributed by atoms with Crippen LogP contribution in [0.1, 0.15) is 0 Å². The van der Waals surface area contributed by atoms with Gasteiger partial charge in [0.25, 0.3) is 5.91 Å². The molecule has 0 atom stereocenters. The molecule has 8 nitrogen and oxygen atoms in total. The number of carbonyl (C=O) groups is 1. The Hall–Kier alpha value is -2.52. The quantitative estimate of drug-likeness (QED) is 0.809. The molecule has 0 fully saturated rings. The molecule has 110 valence electrons. The average Bonchev–Trinajstić information content (AvgIpc) is 2.46. The summed E-state index contributed by atoms with van der Waals surface area (Å²) in [6.45, 7) is -0.263. The highest BCUT2D eigenvalue weighted by Gasteiger charge is 2.08. The molecule has 1 amide bonds. The van der Waals surface area contributed by atoms with Crippen molar-refractivity contribution in [2.45, 2.75) is 4.90 Å². The van der Waals surface area contributed by atoms with E-state index < -0.39 is 15.9 Å². The number of ether oxygens (including phenoxy) is 1. The average molecular weight is 308 g/mol. The molecule has 0 radical (unpaired) electrons. The standard InChI is InChI=1S/C12H12N4O4S/c13-21(18,19)10-4-2-9(3-5-10)16-11(17)8-20-12-14-6-1-7-15-12/h1-7H,8H2,(H,16,17)(H2,13,18,19). The van der Waals surface area contributed by atoms with E-state index in [2.05, 4.69) is 15.3 Å². The summed E-state index contributed by atoms with van der Waals surface area (Å²) in [4.78, 5) is 19.2. The van der Waals surface area contributed by atoms with Gasteiger partial charge in [-0.2, -0.15) is 0 Å². The summed E-state index contributed by atoms with van der Waals surface area (Å²) < 4.78 is 27.2. The SMILES string of the molecule is NS(=O)(=O)c1ccc(NC(=O)COc2ncccn2)cc1. The Bertz CT molecular complexity index is 717. The van der Waals surface area contributed by atoms with Crippen LogP contribution in [0.25, 0.3) is 0 Å². The van der Waals surface area contributed by atoms with E-state index in [1.54, 1.807) is 6.07 Å². The van der Waals surface area contributed by atoms with E-state index in [9.17, 15) is 13.2 Å². The number of hydrogen-bond donors (Lipinski definition) is 2. The zero-order valence-corrected chi connectivity index (χ0v) is 11.6. The number of carbonyl (C=O) groups excluding carboxylic acids is 1. The number of hydrogen-bond acceptors (Lipinski definition) is 6. The zero-order valence-electron chi connectivity index (χ0n) is 10.8. The van der Waals surface area contributed by atoms with Crippen molar-refractivity contribution in [2.75, 3.05) is 11.9 Å². The molecular weight excluding hydrogens is 296 g/mol. The van der Waals surface area contributed by atoms with Crippen molar-refractivity contribution >= 4 is 21.6 Å². The summed E-state index contributed by atoms with van der Waals surface area (Å²) in [6, 6.07) is 7.17. The molecule has 2 rings (SSSR count). The van der Waals surface area contributed by atoms with Crippen molar-refractivity contribution in [3.8, 4) is 6.01 Å². The molecule has 0 aliphatic rings. The van der Waals surface area contributed by atoms with Gasteiger partial charge < -0.3 is 10.1 Å². The zero-order chi connectivity index (χ0) is 15.3. The third-order valence-electron chi connectivity index (χ3n) is 2.34. The fourth-order valence-corrected chi connectivity index (χ4v) is 1.93. The number of nitrogens with one attached hydrogen (secondary N) is 1. The van der Waals surface area contributed by atoms with Crippen LogP contribution in [-0.2, 0) is 14.8 Å². The van der Waals surface area contributed by atoms with Crippen LogP contribution < -0.4 is 15.2 Å². The Kier molecular flexibility index (Phi) is 4.45. The second-order valence-electron chi connectivity index (χ2n) is 3.94. The van der Waals surface area contributed by atoms with Gasteiger partial charge in [-0.25, -0.2) is 23.5 Å². The monoisotopic (exact) mass is 308 g/mol. The molecule has 1 aromatic carbocycles. The molecule has 0 bridgehead atoms. The first-order valence-electron chi connectivity index (χ1n) is 5.78. The van der Waals surface area contributed by atoms with E-state index in [1.807, 2.05) is 0 Å². The minimum Gasteiger partial charge on any atom is -0.453 e. The maximum Gasteiger partial charge on any atom is 0.316 e. The van der Waals surface area contributed by atoms with Crippen LogP contribution in [0, 0.1) is 0 Å². The van der Waals surface area contributed by atoms with Crippen molar-refractivity contribution in [1.29, 1.82) is 0 Å². The molecule has 0 unspecified atom stereocenters. The van der Waals surface area contributed by atoms with E-state index >= 15 is 0 Å². The maximum absolute atomic E-state index is 11.6. The van der Waals surface area contributed by atoms with E-state index in [0.29, 0.717) is 5.69 Å². The Morgan fingerprint density at radius 1 is 1.19 bits per heavy atom. The van der Waals surface area contributed by atoms with E-state index in [0.717, 1.165) is 0 Å². The molecule has 1 heterocycles. The van der Waals surface area contributed by atoms with Crippen LogP contribution >= 0.6 is 0 Å². The number of anilines is 1. The summed E-state index contributed by atoms with van der Waals surface area (Å²) >= 11 is 0. The normalized spacial score (nSPS) is 10.9. The molecule has 0 saturated heterocycles. The highest BCUT2D eigenvalue weighted by Crippen LogP contribution is 2.12. The van der Waals surface area contributed by atoms with Crippen LogP contribution in [0.4, 0.5) is 5.69 Å². The molecule has 0 aliphatic heterocycles. The van der Waals surface area contributed by atoms with Crippen LogP contribution in [0.5, 0.6) is 6.01 Å². The van der Waals surface area contributed by atoms with E-state index in [4.69, 9.17) is 9.88 Å². The van der Waals surface area contributed by atoms with Gasteiger partial charge in [-0.1, -0.05) is 0 Å². The Balaban J connectivity index is 1.91. The molecule has 2 aromatic rings.